The summed E-state index contributed by atoms with van der Waals surface area (Å²) in [6, 6.07) is 0. The van der Waals surface area contributed by atoms with Gasteiger partial charge in [-0.15, -0.1) is 6.42 Å². The summed E-state index contributed by atoms with van der Waals surface area (Å²) in [4.78, 5) is 12.0. The molecule has 0 radical (unpaired) electrons. The molecular weight excluding hydrogens is 614 g/mol. The van der Waals surface area contributed by atoms with Gasteiger partial charge in [0.05, 0.1) is 19.5 Å². The summed E-state index contributed by atoms with van der Waals surface area (Å²) in [5, 5.41) is 59.7. The lowest BCUT2D eigenvalue weighted by Crippen LogP contribution is -2.61. The van der Waals surface area contributed by atoms with Gasteiger partial charge in [0.25, 0.3) is 0 Å². The number of nitrogen functional groups attached to an aromatic ring is 1. The van der Waals surface area contributed by atoms with Gasteiger partial charge in [0, 0.05) is 0 Å². The van der Waals surface area contributed by atoms with E-state index < -0.39 is 89.1 Å². The third-order valence-corrected chi connectivity index (χ3v) is 9.92. The number of terminal acetylenes is 1. The average Bonchev–Trinajstić information content (AvgIpc) is 3.46. The Morgan fingerprint density at radius 1 is 1.24 bits per heavy atom. The second-order valence-corrected chi connectivity index (χ2v) is 13.2. The van der Waals surface area contributed by atoms with Crippen molar-refractivity contribution in [1.29, 1.82) is 0 Å². The normalized spacial score (nSPS) is 37.0. The molecule has 0 bridgehead atoms. The van der Waals surface area contributed by atoms with Gasteiger partial charge >= 0.3 is 15.1 Å². The van der Waals surface area contributed by atoms with E-state index in [1.165, 1.54) is 17.2 Å². The number of aliphatic hydroxyl groups is 6. The fourth-order valence-corrected chi connectivity index (χ4v) is 6.88. The van der Waals surface area contributed by atoms with Crippen molar-refractivity contribution < 1.29 is 62.6 Å². The first kappa shape index (κ1) is 32.2. The highest BCUT2D eigenvalue weighted by Crippen LogP contribution is 2.60. The van der Waals surface area contributed by atoms with Crippen molar-refractivity contribution in [3.8, 4) is 12.3 Å². The van der Waals surface area contributed by atoms with E-state index in [1.54, 1.807) is 0 Å². The van der Waals surface area contributed by atoms with Crippen LogP contribution in [-0.4, -0.2) is 118 Å². The van der Waals surface area contributed by atoms with Gasteiger partial charge in [0.15, 0.2) is 29.5 Å². The van der Waals surface area contributed by atoms with E-state index in [-0.39, 0.29) is 17.0 Å². The summed E-state index contributed by atoms with van der Waals surface area (Å²) in [6.45, 7) is -6.12. The average molecular weight is 642 g/mol. The van der Waals surface area contributed by atoms with Crippen LogP contribution in [0.25, 0.3) is 11.2 Å². The van der Waals surface area contributed by atoms with E-state index in [2.05, 4.69) is 33.1 Å². The molecule has 4 rings (SSSR count). The van der Waals surface area contributed by atoms with Crippen molar-refractivity contribution in [1.82, 2.24) is 19.5 Å². The number of fused-ring (bicyclic) bond motifs is 1. The van der Waals surface area contributed by atoms with E-state index in [9.17, 15) is 34.7 Å². The molecule has 2 saturated heterocycles. The molecule has 2 aliphatic heterocycles. The Labute approximate surface area is 237 Å². The molecule has 4 heterocycles. The zero-order valence-electron chi connectivity index (χ0n) is 20.7. The Morgan fingerprint density at radius 3 is 2.61 bits per heavy atom. The smallest absolute Gasteiger partial charge is 0.393 e. The van der Waals surface area contributed by atoms with Crippen LogP contribution in [0.15, 0.2) is 12.7 Å². The molecule has 2 aromatic rings. The van der Waals surface area contributed by atoms with Crippen molar-refractivity contribution in [3.05, 3.63) is 12.7 Å². The molecule has 228 valence electrons. The van der Waals surface area contributed by atoms with Crippen LogP contribution in [-0.2, 0) is 32.0 Å². The van der Waals surface area contributed by atoms with Gasteiger partial charge in [0.2, 0.25) is 0 Å². The van der Waals surface area contributed by atoms with E-state index in [0.717, 1.165) is 0 Å². The van der Waals surface area contributed by atoms with Gasteiger partial charge in [-0.2, -0.15) is 0 Å². The van der Waals surface area contributed by atoms with E-state index in [0.29, 0.717) is 0 Å². The first-order valence-corrected chi connectivity index (χ1v) is 15.5. The number of hydrogen-bond donors (Lipinski definition) is 9. The maximum Gasteiger partial charge on any atom is 0.393 e. The Balaban J connectivity index is 1.40. The molecule has 0 amide bonds. The van der Waals surface area contributed by atoms with Crippen LogP contribution in [0.4, 0.5) is 5.82 Å². The maximum atomic E-state index is 12.7. The van der Waals surface area contributed by atoms with Crippen molar-refractivity contribution in [2.45, 2.75) is 60.8 Å². The fraction of sp³-hybridized carbons (Fsp3) is 0.632. The number of anilines is 1. The van der Waals surface area contributed by atoms with Gasteiger partial charge < -0.3 is 51.6 Å². The van der Waals surface area contributed by atoms with Crippen LogP contribution in [0, 0.1) is 12.3 Å². The predicted octanol–water partition coefficient (Wildman–Crippen LogP) is -3.36. The van der Waals surface area contributed by atoms with Gasteiger partial charge in [-0.3, -0.25) is 18.2 Å². The van der Waals surface area contributed by atoms with E-state index in [1.807, 2.05) is 0 Å². The molecule has 12 atom stereocenters. The number of imidazole rings is 1. The fourth-order valence-electron chi connectivity index (χ4n) is 4.23. The van der Waals surface area contributed by atoms with Crippen LogP contribution in [0.1, 0.15) is 6.23 Å². The topological polar surface area (TPSA) is 297 Å². The van der Waals surface area contributed by atoms with Gasteiger partial charge in [0.1, 0.15) is 54.6 Å². The number of rotatable bonds is 10. The quantitative estimate of drug-likeness (QED) is 0.0694. The van der Waals surface area contributed by atoms with Crippen molar-refractivity contribution in [2.24, 2.45) is 5.73 Å². The highest BCUT2D eigenvalue weighted by atomic mass is 32.7. The number of thiol groups is 1. The monoisotopic (exact) mass is 642 g/mol. The molecule has 10 N–H and O–H groups in total. The largest absolute Gasteiger partial charge is 0.394 e. The summed E-state index contributed by atoms with van der Waals surface area (Å²) < 4.78 is 52.1. The lowest BCUT2D eigenvalue weighted by molar-refractivity contribution is -0.290. The number of hydrogen-bond acceptors (Lipinski definition) is 18. The molecule has 2 aromatic heterocycles. The van der Waals surface area contributed by atoms with Gasteiger partial charge in [-0.1, -0.05) is 18.2 Å². The molecule has 7 unspecified atom stereocenters. The van der Waals surface area contributed by atoms with Crippen molar-refractivity contribution in [3.63, 3.8) is 0 Å². The van der Waals surface area contributed by atoms with Crippen molar-refractivity contribution >= 4 is 44.3 Å². The summed E-state index contributed by atoms with van der Waals surface area (Å²) in [7, 11) is -3.87. The molecule has 22 heteroatoms. The second kappa shape index (κ2) is 12.5. The molecular formula is C19H28N6O13P2S. The molecule has 2 fully saturated rings. The third-order valence-electron chi connectivity index (χ3n) is 6.42. The summed E-state index contributed by atoms with van der Waals surface area (Å²) in [5.74, 6) is 2.34. The molecule has 0 aromatic carbocycles. The molecule has 2 aliphatic rings. The van der Waals surface area contributed by atoms with Gasteiger partial charge in [-0.05, 0) is 0 Å². The Morgan fingerprint density at radius 2 is 1.95 bits per heavy atom. The van der Waals surface area contributed by atoms with Crippen LogP contribution >= 0.6 is 27.3 Å². The molecule has 0 aliphatic carbocycles. The number of aliphatic hydroxyl groups excluding tert-OH is 6. The number of ether oxygens (including phenoxy) is 2. The molecule has 41 heavy (non-hydrogen) atoms. The minimum atomic E-state index is -4.53. The maximum absolute atomic E-state index is 12.7. The lowest BCUT2D eigenvalue weighted by atomic mass is 9.92. The highest BCUT2D eigenvalue weighted by Gasteiger charge is 2.55. The molecule has 0 saturated carbocycles. The minimum Gasteiger partial charge on any atom is -0.394 e. The van der Waals surface area contributed by atoms with Gasteiger partial charge in [-0.25, -0.2) is 23.8 Å². The van der Waals surface area contributed by atoms with E-state index >= 15 is 0 Å². The number of aromatic nitrogens is 4. The summed E-state index contributed by atoms with van der Waals surface area (Å²) in [6.07, 6.45) is -7.20. The zero-order valence-corrected chi connectivity index (χ0v) is 23.5. The standard InChI is InChI=1S/C19H28N6O13P2S/c1-2-19(21)14(31)8(35-18(19)25-6-24-9-15(20)22-5-23-16(9)25)4-34-40(33,41)38-39(32)37-17-12(30)10(28)11(29)13(36-17)7(27)3-26/h1,5-8,10-14,17-18,26-31,39H,3-4,21H2,(H,33,41)(H2,20,22,23)/t7-,8+,10?,11?,12?,13?,14+,17?,18+,19+,40?/m0/s1. The second-order valence-electron chi connectivity index (χ2n) is 9.05. The van der Waals surface area contributed by atoms with Crippen LogP contribution in [0.5, 0.6) is 0 Å². The number of nitrogens with two attached hydrogens (primary N) is 2. The van der Waals surface area contributed by atoms with Crippen LogP contribution < -0.4 is 11.5 Å². The SMILES string of the molecule is C#C[C@@]1(N)[C@H](O)[C@@H](COP(=O)(S)O[PH](=O)OC2OC([C@@H](O)CO)C(O)C(O)C2O)O[C@H]1n1cnc2c(N)ncnc21. The highest BCUT2D eigenvalue weighted by molar-refractivity contribution is 8.45. The van der Waals surface area contributed by atoms with E-state index in [4.69, 9.17) is 45.8 Å². The van der Waals surface area contributed by atoms with Crippen LogP contribution in [0.3, 0.4) is 0 Å². The number of nitrogens with zero attached hydrogens (tertiary/aromatic N) is 4. The Kier molecular flexibility index (Phi) is 9.77. The summed E-state index contributed by atoms with van der Waals surface area (Å²) in [5.41, 5.74) is 10.6. The Bertz CT molecular complexity index is 1370. The molecule has 0 spiro atoms. The van der Waals surface area contributed by atoms with Crippen LogP contribution in [0.2, 0.25) is 0 Å². The third kappa shape index (κ3) is 6.31. The minimum absolute atomic E-state index is 0.0676. The lowest BCUT2D eigenvalue weighted by Gasteiger charge is -2.41. The zero-order chi connectivity index (χ0) is 30.3. The Hall–Kier alpha value is -1.76. The van der Waals surface area contributed by atoms with Crippen molar-refractivity contribution in [2.75, 3.05) is 18.9 Å². The molecule has 19 nitrogen and oxygen atoms in total. The predicted molar refractivity (Wildman–Crippen MR) is 139 cm³/mol. The first-order chi connectivity index (χ1) is 19.2. The first-order valence-electron chi connectivity index (χ1n) is 11.6. The summed E-state index contributed by atoms with van der Waals surface area (Å²) >= 11 is 3.71.